The number of anilines is 2. The Morgan fingerprint density at radius 2 is 2.04 bits per heavy atom. The number of benzene rings is 1. The Labute approximate surface area is 139 Å². The molecule has 0 saturated heterocycles. The summed E-state index contributed by atoms with van der Waals surface area (Å²) in [5.41, 5.74) is 1.84. The zero-order valence-corrected chi connectivity index (χ0v) is 13.8. The maximum Gasteiger partial charge on any atom is 0.319 e. The van der Waals surface area contributed by atoms with Gasteiger partial charge in [0.25, 0.3) is 0 Å². The Balaban J connectivity index is 1.75. The van der Waals surface area contributed by atoms with Crippen LogP contribution in [0.3, 0.4) is 0 Å². The fourth-order valence-corrected chi connectivity index (χ4v) is 2.02. The van der Waals surface area contributed by atoms with Gasteiger partial charge in [-0.05, 0) is 26.0 Å². The number of rotatable bonds is 6. The summed E-state index contributed by atoms with van der Waals surface area (Å²) >= 11 is 0. The molecule has 0 bridgehead atoms. The molecule has 2 rings (SSSR count). The number of nitrogens with zero attached hydrogens (tertiary/aromatic N) is 1. The second-order valence-electron chi connectivity index (χ2n) is 5.14. The molecule has 128 valence electrons. The van der Waals surface area contributed by atoms with E-state index in [4.69, 9.17) is 9.26 Å². The van der Waals surface area contributed by atoms with Crippen molar-refractivity contribution >= 4 is 23.3 Å². The topological polar surface area (TPSA) is 105 Å². The summed E-state index contributed by atoms with van der Waals surface area (Å²) in [6, 6.07) is 6.67. The summed E-state index contributed by atoms with van der Waals surface area (Å²) in [6.07, 6.45) is 0. The van der Waals surface area contributed by atoms with Gasteiger partial charge in [0.2, 0.25) is 5.91 Å². The molecule has 0 aliphatic rings. The van der Waals surface area contributed by atoms with E-state index in [-0.39, 0.29) is 11.9 Å². The van der Waals surface area contributed by atoms with E-state index in [1.165, 1.54) is 6.92 Å². The predicted octanol–water partition coefficient (Wildman–Crippen LogP) is 2.45. The Kier molecular flexibility index (Phi) is 5.78. The molecular weight excluding hydrogens is 312 g/mol. The predicted molar refractivity (Wildman–Crippen MR) is 89.2 cm³/mol. The SMILES string of the molecule is CC(=O)Nc1cccc(OCCNC(=O)Nc2c(C)noc2C)c1. The van der Waals surface area contributed by atoms with Crippen LogP contribution >= 0.6 is 0 Å². The molecule has 0 spiro atoms. The summed E-state index contributed by atoms with van der Waals surface area (Å²) in [5, 5.41) is 11.8. The number of hydrogen-bond acceptors (Lipinski definition) is 5. The molecule has 1 heterocycles. The molecule has 0 saturated carbocycles. The van der Waals surface area contributed by atoms with Gasteiger partial charge in [-0.1, -0.05) is 11.2 Å². The smallest absolute Gasteiger partial charge is 0.319 e. The second-order valence-corrected chi connectivity index (χ2v) is 5.14. The third-order valence-electron chi connectivity index (χ3n) is 3.08. The number of carbonyl (C=O) groups is 2. The number of aromatic nitrogens is 1. The van der Waals surface area contributed by atoms with Gasteiger partial charge in [0.1, 0.15) is 23.7 Å². The minimum atomic E-state index is -0.361. The van der Waals surface area contributed by atoms with Gasteiger partial charge in [0.05, 0.1) is 6.54 Å². The minimum Gasteiger partial charge on any atom is -0.492 e. The van der Waals surface area contributed by atoms with E-state index >= 15 is 0 Å². The fourth-order valence-electron chi connectivity index (χ4n) is 2.02. The number of hydrogen-bond donors (Lipinski definition) is 3. The highest BCUT2D eigenvalue weighted by atomic mass is 16.5. The molecule has 0 atom stereocenters. The van der Waals surface area contributed by atoms with Gasteiger partial charge in [0, 0.05) is 18.7 Å². The quantitative estimate of drug-likeness (QED) is 0.705. The Hall–Kier alpha value is -3.03. The lowest BCUT2D eigenvalue weighted by Crippen LogP contribution is -2.32. The number of aryl methyl sites for hydroxylation is 2. The van der Waals surface area contributed by atoms with Crippen molar-refractivity contribution in [3.63, 3.8) is 0 Å². The van der Waals surface area contributed by atoms with Crippen LogP contribution in [0.15, 0.2) is 28.8 Å². The third-order valence-corrected chi connectivity index (χ3v) is 3.08. The lowest BCUT2D eigenvalue weighted by molar-refractivity contribution is -0.114. The van der Waals surface area contributed by atoms with Crippen molar-refractivity contribution in [3.8, 4) is 5.75 Å². The lowest BCUT2D eigenvalue weighted by atomic mass is 10.3. The van der Waals surface area contributed by atoms with E-state index in [0.29, 0.717) is 41.7 Å². The average Bonchev–Trinajstić information content (AvgIpc) is 2.83. The second kappa shape index (κ2) is 8.00. The van der Waals surface area contributed by atoms with E-state index in [1.807, 2.05) is 0 Å². The summed E-state index contributed by atoms with van der Waals surface area (Å²) in [5.74, 6) is 1.01. The van der Waals surface area contributed by atoms with Crippen molar-refractivity contribution < 1.29 is 18.8 Å². The van der Waals surface area contributed by atoms with Crippen molar-refractivity contribution in [3.05, 3.63) is 35.7 Å². The summed E-state index contributed by atoms with van der Waals surface area (Å²) in [4.78, 5) is 22.8. The minimum absolute atomic E-state index is 0.148. The molecular formula is C16H20N4O4. The van der Waals surface area contributed by atoms with Crippen LogP contribution in [0.25, 0.3) is 0 Å². The highest BCUT2D eigenvalue weighted by Gasteiger charge is 2.11. The number of urea groups is 1. The van der Waals surface area contributed by atoms with Crippen LogP contribution in [0, 0.1) is 13.8 Å². The molecule has 0 unspecified atom stereocenters. The number of nitrogens with one attached hydrogen (secondary N) is 3. The van der Waals surface area contributed by atoms with Gasteiger partial charge in [-0.25, -0.2) is 4.79 Å². The van der Waals surface area contributed by atoms with E-state index in [9.17, 15) is 9.59 Å². The zero-order chi connectivity index (χ0) is 17.5. The summed E-state index contributed by atoms with van der Waals surface area (Å²) < 4.78 is 10.5. The highest BCUT2D eigenvalue weighted by molar-refractivity contribution is 5.90. The molecule has 8 heteroatoms. The molecule has 24 heavy (non-hydrogen) atoms. The third kappa shape index (κ3) is 5.01. The van der Waals surface area contributed by atoms with Crippen molar-refractivity contribution in [2.45, 2.75) is 20.8 Å². The van der Waals surface area contributed by atoms with Gasteiger partial charge in [0.15, 0.2) is 5.76 Å². The number of ether oxygens (including phenoxy) is 1. The molecule has 0 radical (unpaired) electrons. The first-order chi connectivity index (χ1) is 11.5. The normalized spacial score (nSPS) is 10.1. The summed E-state index contributed by atoms with van der Waals surface area (Å²) in [7, 11) is 0. The summed E-state index contributed by atoms with van der Waals surface area (Å²) in [6.45, 7) is 5.52. The van der Waals surface area contributed by atoms with Gasteiger partial charge in [-0.15, -0.1) is 0 Å². The van der Waals surface area contributed by atoms with Gasteiger partial charge >= 0.3 is 6.03 Å². The van der Waals surface area contributed by atoms with Crippen LogP contribution in [0.4, 0.5) is 16.2 Å². The molecule has 1 aromatic carbocycles. The van der Waals surface area contributed by atoms with Crippen molar-refractivity contribution in [1.29, 1.82) is 0 Å². The molecule has 2 aromatic rings. The van der Waals surface area contributed by atoms with Crippen LogP contribution in [0.5, 0.6) is 5.75 Å². The van der Waals surface area contributed by atoms with Gasteiger partial charge in [-0.3, -0.25) is 4.79 Å². The van der Waals surface area contributed by atoms with Crippen molar-refractivity contribution in [1.82, 2.24) is 10.5 Å². The van der Waals surface area contributed by atoms with Gasteiger partial charge in [-0.2, -0.15) is 0 Å². The number of carbonyl (C=O) groups excluding carboxylic acids is 2. The maximum absolute atomic E-state index is 11.8. The van der Waals surface area contributed by atoms with E-state index < -0.39 is 0 Å². The first-order valence-corrected chi connectivity index (χ1v) is 7.44. The van der Waals surface area contributed by atoms with Crippen LogP contribution in [0.2, 0.25) is 0 Å². The average molecular weight is 332 g/mol. The standard InChI is InChI=1S/C16H20N4O4/c1-10-15(11(2)24-20-10)19-16(22)17-7-8-23-14-6-4-5-13(9-14)18-12(3)21/h4-6,9H,7-8H2,1-3H3,(H,18,21)(H2,17,19,22). The van der Waals surface area contributed by atoms with Gasteiger partial charge < -0.3 is 25.2 Å². The zero-order valence-electron chi connectivity index (χ0n) is 13.8. The van der Waals surface area contributed by atoms with Crippen LogP contribution in [-0.2, 0) is 4.79 Å². The monoisotopic (exact) mass is 332 g/mol. The fraction of sp³-hybridized carbons (Fsp3) is 0.312. The van der Waals surface area contributed by atoms with E-state index in [1.54, 1.807) is 38.1 Å². The molecule has 0 fully saturated rings. The van der Waals surface area contributed by atoms with Crippen LogP contribution < -0.4 is 20.7 Å². The molecule has 3 N–H and O–H groups in total. The molecule has 0 aliphatic heterocycles. The number of amides is 3. The van der Waals surface area contributed by atoms with Crippen molar-refractivity contribution in [2.75, 3.05) is 23.8 Å². The molecule has 0 aliphatic carbocycles. The molecule has 3 amide bonds. The largest absolute Gasteiger partial charge is 0.492 e. The van der Waals surface area contributed by atoms with Crippen LogP contribution in [-0.4, -0.2) is 30.2 Å². The lowest BCUT2D eigenvalue weighted by Gasteiger charge is -2.10. The molecule has 8 nitrogen and oxygen atoms in total. The van der Waals surface area contributed by atoms with Crippen LogP contribution in [0.1, 0.15) is 18.4 Å². The Morgan fingerprint density at radius 1 is 1.25 bits per heavy atom. The Morgan fingerprint density at radius 3 is 2.71 bits per heavy atom. The highest BCUT2D eigenvalue weighted by Crippen LogP contribution is 2.18. The first-order valence-electron chi connectivity index (χ1n) is 7.44. The van der Waals surface area contributed by atoms with E-state index in [0.717, 1.165) is 0 Å². The first kappa shape index (κ1) is 17.3. The maximum atomic E-state index is 11.8. The van der Waals surface area contributed by atoms with E-state index in [2.05, 4.69) is 21.1 Å². The van der Waals surface area contributed by atoms with Crippen molar-refractivity contribution in [2.24, 2.45) is 0 Å². The molecule has 1 aromatic heterocycles. The Bertz CT molecular complexity index is 707.